The van der Waals surface area contributed by atoms with Crippen molar-refractivity contribution in [3.63, 3.8) is 0 Å². The molecule has 5 rings (SSSR count). The summed E-state index contributed by atoms with van der Waals surface area (Å²) in [5, 5.41) is 14.5. The molecule has 3 aromatic heterocycles. The van der Waals surface area contributed by atoms with Gasteiger partial charge in [0.25, 0.3) is 0 Å². The number of nitrogens with two attached hydrogens (primary N) is 1. The summed E-state index contributed by atoms with van der Waals surface area (Å²) in [6, 6.07) is 23.1. The van der Waals surface area contributed by atoms with Crippen molar-refractivity contribution >= 4 is 5.82 Å². The number of para-hydroxylation sites is 2. The molecule has 150 valence electrons. The first kappa shape index (κ1) is 18.9. The molecule has 0 aliphatic rings. The molecule has 9 heteroatoms. The first-order chi connectivity index (χ1) is 14.7. The molecule has 2 aromatic carbocycles. The van der Waals surface area contributed by atoms with Gasteiger partial charge in [0.1, 0.15) is 11.5 Å². The number of nitrogens with zero attached hydrogens (tertiary/aromatic N) is 5. The Morgan fingerprint density at radius 1 is 0.933 bits per heavy atom. The normalized spacial score (nSPS) is 10.3. The molecule has 0 amide bonds. The van der Waals surface area contributed by atoms with Crippen LogP contribution in [0.15, 0.2) is 83.5 Å². The first-order valence-corrected chi connectivity index (χ1v) is 9.10. The van der Waals surface area contributed by atoms with Crippen LogP contribution in [0.5, 0.6) is 11.5 Å². The zero-order valence-electron chi connectivity index (χ0n) is 16.1. The maximum Gasteiger partial charge on any atom is 0.206 e. The minimum Gasteiger partial charge on any atom is -0.461 e. The van der Waals surface area contributed by atoms with Crippen LogP contribution >= 0.6 is 0 Å². The number of furan rings is 1. The van der Waals surface area contributed by atoms with Crippen LogP contribution in [-0.4, -0.2) is 30.2 Å². The van der Waals surface area contributed by atoms with Crippen LogP contribution in [0, 0.1) is 0 Å². The molecule has 0 aliphatic heterocycles. The predicted octanol–water partition coefficient (Wildman–Crippen LogP) is 3.92. The highest BCUT2D eigenvalue weighted by Gasteiger charge is 2.16. The minimum atomic E-state index is 0.391. The van der Waals surface area contributed by atoms with Crippen LogP contribution in [0.1, 0.15) is 0 Å². The van der Waals surface area contributed by atoms with Gasteiger partial charge in [0.05, 0.1) is 6.26 Å². The molecule has 3 heterocycles. The number of benzene rings is 2. The fourth-order valence-corrected chi connectivity index (χ4v) is 2.53. The van der Waals surface area contributed by atoms with Crippen molar-refractivity contribution in [3.05, 3.63) is 79.1 Å². The van der Waals surface area contributed by atoms with Crippen molar-refractivity contribution in [3.8, 4) is 34.6 Å². The van der Waals surface area contributed by atoms with Crippen molar-refractivity contribution in [1.82, 2.24) is 30.2 Å². The van der Waals surface area contributed by atoms with Crippen molar-refractivity contribution in [2.75, 3.05) is 5.73 Å². The Hall–Kier alpha value is -4.40. The minimum absolute atomic E-state index is 0.391. The molecule has 0 radical (unpaired) electrons. The predicted molar refractivity (Wildman–Crippen MR) is 111 cm³/mol. The van der Waals surface area contributed by atoms with Crippen LogP contribution in [0.3, 0.4) is 0 Å². The molecule has 9 nitrogen and oxygen atoms in total. The van der Waals surface area contributed by atoms with E-state index in [4.69, 9.17) is 14.9 Å². The summed E-state index contributed by atoms with van der Waals surface area (Å²) < 4.78 is 12.2. The van der Waals surface area contributed by atoms with Crippen LogP contribution in [0.4, 0.5) is 5.82 Å². The highest BCUT2D eigenvalue weighted by Crippen LogP contribution is 2.22. The Bertz CT molecular complexity index is 1150. The van der Waals surface area contributed by atoms with Gasteiger partial charge in [0.2, 0.25) is 5.82 Å². The lowest BCUT2D eigenvalue weighted by Crippen LogP contribution is -1.98. The molecule has 0 atom stereocenters. The summed E-state index contributed by atoms with van der Waals surface area (Å²) in [7, 11) is 1.70. The number of aryl methyl sites for hydroxylation is 1. The molecule has 0 saturated heterocycles. The SMILES string of the molecule is Cn1nnc(-c2n[nH]c(-c3ccco3)n2)c1N.c1ccc(Oc2ccccc2)cc1. The highest BCUT2D eigenvalue weighted by molar-refractivity contribution is 5.64. The number of H-pyrrole nitrogens is 1. The molecule has 0 saturated carbocycles. The third-order valence-electron chi connectivity index (χ3n) is 4.04. The van der Waals surface area contributed by atoms with Crippen LogP contribution in [0.25, 0.3) is 23.1 Å². The number of nitrogens with one attached hydrogen (secondary N) is 1. The zero-order valence-corrected chi connectivity index (χ0v) is 16.1. The number of rotatable bonds is 4. The van der Waals surface area contributed by atoms with Gasteiger partial charge in [-0.25, -0.2) is 9.67 Å². The Balaban J connectivity index is 0.000000151. The average molecular weight is 401 g/mol. The van der Waals surface area contributed by atoms with Crippen molar-refractivity contribution in [2.45, 2.75) is 0 Å². The van der Waals surface area contributed by atoms with E-state index >= 15 is 0 Å². The van der Waals surface area contributed by atoms with Gasteiger partial charge in [0.15, 0.2) is 23.1 Å². The lowest BCUT2D eigenvalue weighted by molar-refractivity contribution is 0.482. The second kappa shape index (κ2) is 8.74. The third kappa shape index (κ3) is 4.36. The van der Waals surface area contributed by atoms with E-state index in [-0.39, 0.29) is 0 Å². The molecule has 3 N–H and O–H groups in total. The molecule has 0 aliphatic carbocycles. The summed E-state index contributed by atoms with van der Waals surface area (Å²) in [6.45, 7) is 0. The summed E-state index contributed by atoms with van der Waals surface area (Å²) in [6.07, 6.45) is 1.56. The fourth-order valence-electron chi connectivity index (χ4n) is 2.53. The Morgan fingerprint density at radius 2 is 1.60 bits per heavy atom. The van der Waals surface area contributed by atoms with E-state index in [9.17, 15) is 0 Å². The van der Waals surface area contributed by atoms with Gasteiger partial charge < -0.3 is 14.9 Å². The van der Waals surface area contributed by atoms with E-state index in [2.05, 4.69) is 25.5 Å². The number of hydrogen-bond donors (Lipinski definition) is 2. The second-order valence-electron chi connectivity index (χ2n) is 6.16. The van der Waals surface area contributed by atoms with Gasteiger partial charge in [-0.05, 0) is 36.4 Å². The van der Waals surface area contributed by atoms with Gasteiger partial charge in [0, 0.05) is 7.05 Å². The summed E-state index contributed by atoms with van der Waals surface area (Å²) in [5.74, 6) is 3.67. The maximum absolute atomic E-state index is 5.78. The molecule has 0 unspecified atom stereocenters. The largest absolute Gasteiger partial charge is 0.461 e. The van der Waals surface area contributed by atoms with Gasteiger partial charge in [-0.1, -0.05) is 41.6 Å². The third-order valence-corrected chi connectivity index (χ3v) is 4.04. The fraction of sp³-hybridized carbons (Fsp3) is 0.0476. The topological polar surface area (TPSA) is 121 Å². The van der Waals surface area contributed by atoms with Gasteiger partial charge in [-0.2, -0.15) is 5.10 Å². The van der Waals surface area contributed by atoms with Crippen molar-refractivity contribution in [1.29, 1.82) is 0 Å². The average Bonchev–Trinajstić information content (AvgIpc) is 3.53. The number of nitrogen functional groups attached to an aromatic ring is 1. The summed E-state index contributed by atoms with van der Waals surface area (Å²) in [4.78, 5) is 4.24. The lowest BCUT2D eigenvalue weighted by Gasteiger charge is -2.03. The molecule has 0 spiro atoms. The number of hydrogen-bond acceptors (Lipinski definition) is 7. The molecule has 5 aromatic rings. The number of aromatic amines is 1. The Kier molecular flexibility index (Phi) is 5.52. The zero-order chi connectivity index (χ0) is 20.8. The van der Waals surface area contributed by atoms with Gasteiger partial charge in [-0.15, -0.1) is 5.10 Å². The molecular weight excluding hydrogens is 382 g/mol. The maximum atomic E-state index is 5.78. The molecule has 30 heavy (non-hydrogen) atoms. The monoisotopic (exact) mass is 401 g/mol. The van der Waals surface area contributed by atoms with E-state index < -0.39 is 0 Å². The standard InChI is InChI=1S/C12H10O.C9H9N7O/c1-3-7-11(8-4-1)13-12-9-5-2-6-10-12;1-16-7(10)6(12-15-16)9-11-8(13-14-9)5-3-2-4-17-5/h1-10H;2-4H,10H2,1H3,(H,11,13,14). The van der Waals surface area contributed by atoms with E-state index in [0.717, 1.165) is 11.5 Å². The van der Waals surface area contributed by atoms with Gasteiger partial charge in [-0.3, -0.25) is 5.10 Å². The van der Waals surface area contributed by atoms with E-state index in [1.54, 1.807) is 25.4 Å². The van der Waals surface area contributed by atoms with Crippen LogP contribution in [0.2, 0.25) is 0 Å². The summed E-state index contributed by atoms with van der Waals surface area (Å²) >= 11 is 0. The first-order valence-electron chi connectivity index (χ1n) is 9.10. The number of aromatic nitrogens is 6. The van der Waals surface area contributed by atoms with Crippen molar-refractivity contribution in [2.24, 2.45) is 7.05 Å². The molecular formula is C21H19N7O2. The molecule has 0 fully saturated rings. The van der Waals surface area contributed by atoms with E-state index in [1.807, 2.05) is 60.7 Å². The molecule has 0 bridgehead atoms. The van der Waals surface area contributed by atoms with Gasteiger partial charge >= 0.3 is 0 Å². The van der Waals surface area contributed by atoms with E-state index in [1.165, 1.54) is 4.68 Å². The smallest absolute Gasteiger partial charge is 0.206 e. The van der Waals surface area contributed by atoms with Crippen LogP contribution in [-0.2, 0) is 7.05 Å². The Labute approximate surface area is 172 Å². The second-order valence-corrected chi connectivity index (χ2v) is 6.16. The quantitative estimate of drug-likeness (QED) is 0.468. The van der Waals surface area contributed by atoms with Crippen molar-refractivity contribution < 1.29 is 9.15 Å². The van der Waals surface area contributed by atoms with E-state index in [0.29, 0.717) is 28.9 Å². The highest BCUT2D eigenvalue weighted by atomic mass is 16.5. The lowest BCUT2D eigenvalue weighted by atomic mass is 10.3. The summed E-state index contributed by atoms with van der Waals surface area (Å²) in [5.41, 5.74) is 6.23. The van der Waals surface area contributed by atoms with Crippen LogP contribution < -0.4 is 10.5 Å². The Morgan fingerprint density at radius 3 is 2.13 bits per heavy atom. The number of anilines is 1. The number of ether oxygens (including phenoxy) is 1.